The minimum absolute atomic E-state index is 0.305. The van der Waals surface area contributed by atoms with Gasteiger partial charge in [0.1, 0.15) is 12.6 Å². The average molecular weight is 338 g/mol. The molecule has 5 heteroatoms. The Kier molecular flexibility index (Phi) is 5.89. The number of rotatable bonds is 6. The maximum Gasteiger partial charge on any atom is 0.161 e. The first kappa shape index (κ1) is 17.3. The van der Waals surface area contributed by atoms with Crippen LogP contribution in [0.15, 0.2) is 48.5 Å². The Labute approximate surface area is 148 Å². The van der Waals surface area contributed by atoms with Gasteiger partial charge in [-0.25, -0.2) is 0 Å². The largest absolute Gasteiger partial charge is 0.493 e. The van der Waals surface area contributed by atoms with Gasteiger partial charge in [-0.3, -0.25) is 4.90 Å². The fraction of sp³-hybridized carbons (Fsp3) is 0.350. The van der Waals surface area contributed by atoms with Gasteiger partial charge >= 0.3 is 0 Å². The molecule has 0 amide bonds. The van der Waals surface area contributed by atoms with Crippen molar-refractivity contribution in [1.82, 2.24) is 4.90 Å². The fourth-order valence-electron chi connectivity index (χ4n) is 2.91. The summed E-state index contributed by atoms with van der Waals surface area (Å²) in [6.45, 7) is 3.31. The molecule has 1 unspecified atom stereocenters. The van der Waals surface area contributed by atoms with E-state index in [4.69, 9.17) is 14.2 Å². The number of methoxy groups -OCH3 is 1. The molecule has 130 valence electrons. The molecule has 0 aliphatic carbocycles. The van der Waals surface area contributed by atoms with Crippen LogP contribution in [0.25, 0.3) is 0 Å². The zero-order valence-electron chi connectivity index (χ0n) is 14.4. The molecule has 1 atom stereocenters. The molecule has 1 fully saturated rings. The van der Waals surface area contributed by atoms with E-state index in [2.05, 4.69) is 11.0 Å². The Hall–Kier alpha value is -2.55. The maximum absolute atomic E-state index is 9.61. The lowest BCUT2D eigenvalue weighted by atomic mass is 10.1. The number of nitriles is 1. The van der Waals surface area contributed by atoms with Gasteiger partial charge in [0, 0.05) is 13.1 Å². The highest BCUT2D eigenvalue weighted by Gasteiger charge is 2.23. The summed E-state index contributed by atoms with van der Waals surface area (Å²) in [7, 11) is 1.62. The average Bonchev–Trinajstić information content (AvgIpc) is 2.69. The van der Waals surface area contributed by atoms with Gasteiger partial charge in [0.15, 0.2) is 11.5 Å². The van der Waals surface area contributed by atoms with Crippen molar-refractivity contribution in [2.45, 2.75) is 12.6 Å². The molecule has 2 aromatic rings. The van der Waals surface area contributed by atoms with E-state index in [-0.39, 0.29) is 6.04 Å². The molecule has 0 aromatic heterocycles. The second kappa shape index (κ2) is 8.52. The molecule has 0 radical (unpaired) electrons. The van der Waals surface area contributed by atoms with Gasteiger partial charge in [0.05, 0.1) is 26.4 Å². The third kappa shape index (κ3) is 4.30. The van der Waals surface area contributed by atoms with E-state index in [1.54, 1.807) is 7.11 Å². The maximum atomic E-state index is 9.61. The third-order valence-electron chi connectivity index (χ3n) is 4.27. The van der Waals surface area contributed by atoms with Gasteiger partial charge in [-0.05, 0) is 23.3 Å². The highest BCUT2D eigenvalue weighted by molar-refractivity contribution is 5.45. The van der Waals surface area contributed by atoms with Crippen LogP contribution >= 0.6 is 0 Å². The molecule has 25 heavy (non-hydrogen) atoms. The first-order valence-electron chi connectivity index (χ1n) is 8.38. The normalized spacial score (nSPS) is 16.0. The lowest BCUT2D eigenvalue weighted by Crippen LogP contribution is -2.38. The second-order valence-corrected chi connectivity index (χ2v) is 5.86. The smallest absolute Gasteiger partial charge is 0.161 e. The highest BCUT2D eigenvalue weighted by Crippen LogP contribution is 2.32. The zero-order chi connectivity index (χ0) is 17.5. The summed E-state index contributed by atoms with van der Waals surface area (Å²) in [5.74, 6) is 1.32. The summed E-state index contributed by atoms with van der Waals surface area (Å²) in [6, 6.07) is 17.8. The summed E-state index contributed by atoms with van der Waals surface area (Å²) in [5.41, 5.74) is 2.00. The standard InChI is InChI=1S/C20H22N2O3/c1-23-20-13-17(18(14-21)22-9-11-24-12-10-22)7-8-19(20)25-15-16-5-3-2-4-6-16/h2-8,13,18H,9-12,15H2,1H3. The molecule has 0 bridgehead atoms. The van der Waals surface area contributed by atoms with Crippen molar-refractivity contribution in [1.29, 1.82) is 5.26 Å². The van der Waals surface area contributed by atoms with E-state index in [9.17, 15) is 5.26 Å². The van der Waals surface area contributed by atoms with E-state index in [0.717, 1.165) is 24.2 Å². The van der Waals surface area contributed by atoms with Gasteiger partial charge in [0.2, 0.25) is 0 Å². The highest BCUT2D eigenvalue weighted by atomic mass is 16.5. The quantitative estimate of drug-likeness (QED) is 0.810. The van der Waals surface area contributed by atoms with Crippen molar-refractivity contribution < 1.29 is 14.2 Å². The van der Waals surface area contributed by atoms with E-state index in [0.29, 0.717) is 31.3 Å². The monoisotopic (exact) mass is 338 g/mol. The van der Waals surface area contributed by atoms with Crippen molar-refractivity contribution in [3.05, 3.63) is 59.7 Å². The van der Waals surface area contributed by atoms with Gasteiger partial charge in [-0.2, -0.15) is 5.26 Å². The summed E-state index contributed by atoms with van der Waals surface area (Å²) < 4.78 is 16.7. The Balaban J connectivity index is 1.75. The molecule has 1 heterocycles. The van der Waals surface area contributed by atoms with Crippen molar-refractivity contribution in [2.75, 3.05) is 33.4 Å². The van der Waals surface area contributed by atoms with E-state index in [1.807, 2.05) is 48.5 Å². The molecule has 0 saturated carbocycles. The minimum atomic E-state index is -0.305. The lowest BCUT2D eigenvalue weighted by Gasteiger charge is -2.30. The molecule has 1 saturated heterocycles. The number of benzene rings is 2. The molecule has 1 aliphatic rings. The summed E-state index contributed by atoms with van der Waals surface area (Å²) in [6.07, 6.45) is 0. The number of hydrogen-bond acceptors (Lipinski definition) is 5. The number of ether oxygens (including phenoxy) is 3. The van der Waals surface area contributed by atoms with Crippen molar-refractivity contribution in [3.63, 3.8) is 0 Å². The van der Waals surface area contributed by atoms with Crippen LogP contribution in [0.2, 0.25) is 0 Å². The van der Waals surface area contributed by atoms with Gasteiger partial charge < -0.3 is 14.2 Å². The predicted molar refractivity (Wildman–Crippen MR) is 94.5 cm³/mol. The van der Waals surface area contributed by atoms with Crippen LogP contribution in [0.3, 0.4) is 0 Å². The van der Waals surface area contributed by atoms with Crippen molar-refractivity contribution >= 4 is 0 Å². The van der Waals surface area contributed by atoms with E-state index in [1.165, 1.54) is 0 Å². The molecule has 0 N–H and O–H groups in total. The van der Waals surface area contributed by atoms with E-state index < -0.39 is 0 Å². The molecular weight excluding hydrogens is 316 g/mol. The second-order valence-electron chi connectivity index (χ2n) is 5.86. The zero-order valence-corrected chi connectivity index (χ0v) is 14.4. The number of morpholine rings is 1. The Morgan fingerprint density at radius 2 is 1.88 bits per heavy atom. The molecule has 5 nitrogen and oxygen atoms in total. The first-order chi connectivity index (χ1) is 12.3. The number of hydrogen-bond donors (Lipinski definition) is 0. The fourth-order valence-corrected chi connectivity index (χ4v) is 2.91. The molecule has 0 spiro atoms. The molecule has 1 aliphatic heterocycles. The summed E-state index contributed by atoms with van der Waals surface area (Å²) >= 11 is 0. The third-order valence-corrected chi connectivity index (χ3v) is 4.27. The number of nitrogens with zero attached hydrogens (tertiary/aromatic N) is 2. The van der Waals surface area contributed by atoms with Crippen LogP contribution in [-0.4, -0.2) is 38.3 Å². The molecule has 2 aromatic carbocycles. The lowest BCUT2D eigenvalue weighted by molar-refractivity contribution is 0.0266. The van der Waals surface area contributed by atoms with Crippen LogP contribution in [0, 0.1) is 11.3 Å². The van der Waals surface area contributed by atoms with Crippen molar-refractivity contribution in [2.24, 2.45) is 0 Å². The summed E-state index contributed by atoms with van der Waals surface area (Å²) in [5, 5.41) is 9.61. The Morgan fingerprint density at radius 3 is 2.56 bits per heavy atom. The van der Waals surface area contributed by atoms with Gasteiger partial charge in [-0.1, -0.05) is 36.4 Å². The molecular formula is C20H22N2O3. The van der Waals surface area contributed by atoms with Crippen LogP contribution in [0.5, 0.6) is 11.5 Å². The topological polar surface area (TPSA) is 54.7 Å². The van der Waals surface area contributed by atoms with Gasteiger partial charge in [0.25, 0.3) is 0 Å². The SMILES string of the molecule is COc1cc(C(C#N)N2CCOCC2)ccc1OCc1ccccc1. The van der Waals surface area contributed by atoms with Crippen LogP contribution < -0.4 is 9.47 Å². The summed E-state index contributed by atoms with van der Waals surface area (Å²) in [4.78, 5) is 2.13. The van der Waals surface area contributed by atoms with Crippen LogP contribution in [-0.2, 0) is 11.3 Å². The first-order valence-corrected chi connectivity index (χ1v) is 8.38. The Bertz CT molecular complexity index is 721. The van der Waals surface area contributed by atoms with E-state index >= 15 is 0 Å². The Morgan fingerprint density at radius 1 is 1.12 bits per heavy atom. The van der Waals surface area contributed by atoms with Gasteiger partial charge in [-0.15, -0.1) is 0 Å². The van der Waals surface area contributed by atoms with Crippen LogP contribution in [0.1, 0.15) is 17.2 Å². The van der Waals surface area contributed by atoms with Crippen LogP contribution in [0.4, 0.5) is 0 Å². The minimum Gasteiger partial charge on any atom is -0.493 e. The van der Waals surface area contributed by atoms with Crippen molar-refractivity contribution in [3.8, 4) is 17.6 Å². The molecule has 3 rings (SSSR count). The predicted octanol–water partition coefficient (Wildman–Crippen LogP) is 3.17.